The van der Waals surface area contributed by atoms with Crippen LogP contribution in [0, 0.1) is 6.92 Å². The number of primary amides is 1. The minimum atomic E-state index is -0.532. The summed E-state index contributed by atoms with van der Waals surface area (Å²) in [6.45, 7) is 4.21. The molecule has 0 aliphatic heterocycles. The van der Waals surface area contributed by atoms with E-state index in [9.17, 15) is 4.79 Å². The van der Waals surface area contributed by atoms with Crippen LogP contribution in [0.5, 0.6) is 0 Å². The zero-order valence-electron chi connectivity index (χ0n) is 7.16. The van der Waals surface area contributed by atoms with E-state index < -0.39 is 5.91 Å². The maximum Gasteiger partial charge on any atom is 0.269 e. The molecule has 0 radical (unpaired) electrons. The first kappa shape index (κ1) is 8.58. The maximum absolute atomic E-state index is 10.9. The minimum absolute atomic E-state index is 0.301. The fourth-order valence-corrected chi connectivity index (χ4v) is 1.08. The van der Waals surface area contributed by atoms with E-state index in [1.54, 1.807) is 6.92 Å². The quantitative estimate of drug-likeness (QED) is 0.646. The molecule has 0 bridgehead atoms. The van der Waals surface area contributed by atoms with Gasteiger partial charge in [-0.1, -0.05) is 0 Å². The molecule has 0 atom stereocenters. The minimum Gasteiger partial charge on any atom is -0.395 e. The highest BCUT2D eigenvalue weighted by atomic mass is 16.1. The number of nitrogens with zero attached hydrogens (tertiary/aromatic N) is 2. The van der Waals surface area contributed by atoms with Gasteiger partial charge in [-0.2, -0.15) is 5.10 Å². The van der Waals surface area contributed by atoms with Crippen LogP contribution in [0.1, 0.15) is 23.1 Å². The lowest BCUT2D eigenvalue weighted by atomic mass is 10.3. The molecule has 1 aromatic rings. The molecule has 0 aromatic carbocycles. The number of amides is 1. The third-order valence-electron chi connectivity index (χ3n) is 1.71. The van der Waals surface area contributed by atoms with Crippen LogP contribution in [-0.4, -0.2) is 15.7 Å². The van der Waals surface area contributed by atoms with Crippen molar-refractivity contribution in [1.29, 1.82) is 0 Å². The van der Waals surface area contributed by atoms with E-state index in [0.717, 1.165) is 0 Å². The average Bonchev–Trinajstić information content (AvgIpc) is 2.28. The van der Waals surface area contributed by atoms with E-state index in [-0.39, 0.29) is 0 Å². The first-order chi connectivity index (χ1) is 5.57. The molecule has 1 rings (SSSR count). The summed E-state index contributed by atoms with van der Waals surface area (Å²) >= 11 is 0. The Balaban J connectivity index is 3.31. The summed E-state index contributed by atoms with van der Waals surface area (Å²) in [5.74, 6) is -0.532. The number of hydrogen-bond donors (Lipinski definition) is 2. The van der Waals surface area contributed by atoms with Crippen molar-refractivity contribution in [2.75, 3.05) is 5.73 Å². The van der Waals surface area contributed by atoms with E-state index in [1.807, 2.05) is 6.92 Å². The van der Waals surface area contributed by atoms with E-state index in [0.29, 0.717) is 23.6 Å². The van der Waals surface area contributed by atoms with Crippen molar-refractivity contribution in [2.24, 2.45) is 5.73 Å². The van der Waals surface area contributed by atoms with Gasteiger partial charge in [0.2, 0.25) is 0 Å². The molecule has 5 nitrogen and oxygen atoms in total. The highest BCUT2D eigenvalue weighted by molar-refractivity contribution is 5.96. The number of nitrogen functional groups attached to an aromatic ring is 1. The fourth-order valence-electron chi connectivity index (χ4n) is 1.08. The number of aryl methyl sites for hydroxylation is 2. The van der Waals surface area contributed by atoms with Gasteiger partial charge in [0, 0.05) is 6.54 Å². The molecule has 0 spiro atoms. The highest BCUT2D eigenvalue weighted by Gasteiger charge is 2.15. The van der Waals surface area contributed by atoms with Crippen LogP contribution in [0.15, 0.2) is 0 Å². The number of anilines is 1. The van der Waals surface area contributed by atoms with Gasteiger partial charge in [0.05, 0.1) is 11.4 Å². The van der Waals surface area contributed by atoms with Crippen molar-refractivity contribution in [3.8, 4) is 0 Å². The van der Waals surface area contributed by atoms with Gasteiger partial charge >= 0.3 is 0 Å². The zero-order chi connectivity index (χ0) is 9.30. The molecule has 0 aliphatic rings. The molecule has 4 N–H and O–H groups in total. The van der Waals surface area contributed by atoms with Crippen LogP contribution in [0.25, 0.3) is 0 Å². The van der Waals surface area contributed by atoms with Crippen LogP contribution >= 0.6 is 0 Å². The summed E-state index contributed by atoms with van der Waals surface area (Å²) in [4.78, 5) is 10.9. The number of nitrogens with two attached hydrogens (primary N) is 2. The van der Waals surface area contributed by atoms with Crippen LogP contribution in [0.3, 0.4) is 0 Å². The van der Waals surface area contributed by atoms with Gasteiger partial charge in [-0.05, 0) is 13.8 Å². The molecule has 5 heteroatoms. The van der Waals surface area contributed by atoms with Crippen molar-refractivity contribution < 1.29 is 4.79 Å². The van der Waals surface area contributed by atoms with Crippen molar-refractivity contribution in [3.63, 3.8) is 0 Å². The van der Waals surface area contributed by atoms with Crippen molar-refractivity contribution in [3.05, 3.63) is 11.4 Å². The van der Waals surface area contributed by atoms with E-state index >= 15 is 0 Å². The second-order valence-corrected chi connectivity index (χ2v) is 2.53. The second-order valence-electron chi connectivity index (χ2n) is 2.53. The van der Waals surface area contributed by atoms with Crippen molar-refractivity contribution >= 4 is 11.6 Å². The molecular formula is C7H12N4O. The lowest BCUT2D eigenvalue weighted by Gasteiger charge is -1.99. The predicted octanol–water partition coefficient (Wildman–Crippen LogP) is -0.107. The number of carbonyl (C=O) groups excluding carboxylic acids is 1. The number of carbonyl (C=O) groups is 1. The van der Waals surface area contributed by atoms with Gasteiger partial charge < -0.3 is 11.5 Å². The van der Waals surface area contributed by atoms with Gasteiger partial charge in [-0.25, -0.2) is 0 Å². The van der Waals surface area contributed by atoms with Gasteiger partial charge in [-0.15, -0.1) is 0 Å². The standard InChI is InChI=1S/C7H12N4O/c1-3-11-6(7(9)12)5(8)4(2)10-11/h3,8H2,1-2H3,(H2,9,12). The Morgan fingerprint density at radius 1 is 1.67 bits per heavy atom. The van der Waals surface area contributed by atoms with Crippen molar-refractivity contribution in [1.82, 2.24) is 9.78 Å². The first-order valence-electron chi connectivity index (χ1n) is 3.70. The molecule has 0 fully saturated rings. The number of rotatable bonds is 2. The smallest absolute Gasteiger partial charge is 0.269 e. The Kier molecular flexibility index (Phi) is 2.03. The lowest BCUT2D eigenvalue weighted by molar-refractivity contribution is 0.0991. The van der Waals surface area contributed by atoms with Crippen LogP contribution < -0.4 is 11.5 Å². The Morgan fingerprint density at radius 3 is 2.58 bits per heavy atom. The van der Waals surface area contributed by atoms with Gasteiger partial charge in [0.1, 0.15) is 5.69 Å². The van der Waals surface area contributed by atoms with Crippen LogP contribution in [-0.2, 0) is 6.54 Å². The summed E-state index contributed by atoms with van der Waals surface area (Å²) in [6, 6.07) is 0. The third kappa shape index (κ3) is 1.13. The van der Waals surface area contributed by atoms with E-state index in [1.165, 1.54) is 4.68 Å². The normalized spacial score (nSPS) is 10.2. The molecule has 1 aromatic heterocycles. The molecule has 12 heavy (non-hydrogen) atoms. The Hall–Kier alpha value is -1.52. The molecule has 1 heterocycles. The van der Waals surface area contributed by atoms with Gasteiger partial charge in [0.15, 0.2) is 0 Å². The monoisotopic (exact) mass is 168 g/mol. The first-order valence-corrected chi connectivity index (χ1v) is 3.70. The fraction of sp³-hybridized carbons (Fsp3) is 0.429. The second kappa shape index (κ2) is 2.84. The van der Waals surface area contributed by atoms with E-state index in [2.05, 4.69) is 5.10 Å². The van der Waals surface area contributed by atoms with Crippen molar-refractivity contribution in [2.45, 2.75) is 20.4 Å². The molecule has 1 amide bonds. The summed E-state index contributed by atoms with van der Waals surface area (Å²) in [5.41, 5.74) is 12.0. The molecule has 0 saturated heterocycles. The number of hydrogen-bond acceptors (Lipinski definition) is 3. The Labute approximate surface area is 70.3 Å². The predicted molar refractivity (Wildman–Crippen MR) is 45.6 cm³/mol. The Morgan fingerprint density at radius 2 is 2.25 bits per heavy atom. The lowest BCUT2D eigenvalue weighted by Crippen LogP contribution is -2.18. The maximum atomic E-state index is 10.9. The van der Waals surface area contributed by atoms with Crippen LogP contribution in [0.4, 0.5) is 5.69 Å². The number of aromatic nitrogens is 2. The Bertz CT molecular complexity index is 315. The zero-order valence-corrected chi connectivity index (χ0v) is 7.16. The molecule has 0 saturated carbocycles. The molecule has 66 valence electrons. The molecule has 0 aliphatic carbocycles. The summed E-state index contributed by atoms with van der Waals surface area (Å²) in [5, 5.41) is 4.04. The average molecular weight is 168 g/mol. The largest absolute Gasteiger partial charge is 0.395 e. The summed E-state index contributed by atoms with van der Waals surface area (Å²) in [7, 11) is 0. The SMILES string of the molecule is CCn1nc(C)c(N)c1C(N)=O. The van der Waals surface area contributed by atoms with E-state index in [4.69, 9.17) is 11.5 Å². The van der Waals surface area contributed by atoms with Gasteiger partial charge in [-0.3, -0.25) is 9.48 Å². The topological polar surface area (TPSA) is 86.9 Å². The highest BCUT2D eigenvalue weighted by Crippen LogP contribution is 2.14. The third-order valence-corrected chi connectivity index (χ3v) is 1.71. The molecular weight excluding hydrogens is 156 g/mol. The van der Waals surface area contributed by atoms with Crippen LogP contribution in [0.2, 0.25) is 0 Å². The summed E-state index contributed by atoms with van der Waals surface area (Å²) < 4.78 is 1.51. The summed E-state index contributed by atoms with van der Waals surface area (Å²) in [6.07, 6.45) is 0. The molecule has 0 unspecified atom stereocenters. The van der Waals surface area contributed by atoms with Gasteiger partial charge in [0.25, 0.3) is 5.91 Å².